The lowest BCUT2D eigenvalue weighted by molar-refractivity contribution is -0.134. The Hall–Kier alpha value is -2.31. The van der Waals surface area contributed by atoms with Gasteiger partial charge >= 0.3 is 5.97 Å². The van der Waals surface area contributed by atoms with Gasteiger partial charge < -0.3 is 4.74 Å². The first-order chi connectivity index (χ1) is 11.4. The van der Waals surface area contributed by atoms with Crippen LogP contribution in [0.4, 0.5) is 5.82 Å². The number of hydrogen-bond donors (Lipinski definition) is 0. The number of cyclic esters (lactones) is 1. The van der Waals surface area contributed by atoms with Gasteiger partial charge in [0.1, 0.15) is 18.9 Å². The van der Waals surface area contributed by atoms with Crippen LogP contribution in [-0.2, 0) is 16.1 Å². The highest BCUT2D eigenvalue weighted by atomic mass is 16.6. The van der Waals surface area contributed by atoms with E-state index in [2.05, 4.69) is 21.9 Å². The van der Waals surface area contributed by atoms with E-state index in [-0.39, 0.29) is 18.0 Å². The highest BCUT2D eigenvalue weighted by Crippen LogP contribution is 2.12. The minimum atomic E-state index is -0.515. The van der Waals surface area contributed by atoms with Gasteiger partial charge in [-0.25, -0.2) is 19.8 Å². The summed E-state index contributed by atoms with van der Waals surface area (Å²) < 4.78 is 6.35. The third-order valence-corrected chi connectivity index (χ3v) is 3.53. The molecule has 132 valence electrons. The fourth-order valence-electron chi connectivity index (χ4n) is 1.85. The van der Waals surface area contributed by atoms with Crippen LogP contribution >= 0.6 is 0 Å². The molecular formula is C17H26N4O3. The second-order valence-corrected chi connectivity index (χ2v) is 5.41. The molecule has 0 aliphatic carbocycles. The van der Waals surface area contributed by atoms with E-state index in [0.717, 1.165) is 6.42 Å². The van der Waals surface area contributed by atoms with E-state index in [1.54, 1.807) is 20.1 Å². The summed E-state index contributed by atoms with van der Waals surface area (Å²) in [5, 5.41) is 0. The number of ether oxygens (including phenoxy) is 1. The molecule has 1 aromatic rings. The van der Waals surface area contributed by atoms with Crippen molar-refractivity contribution in [2.45, 2.75) is 60.5 Å². The van der Waals surface area contributed by atoms with Gasteiger partial charge in [-0.1, -0.05) is 27.7 Å². The van der Waals surface area contributed by atoms with E-state index in [9.17, 15) is 9.59 Å². The average molecular weight is 334 g/mol. The van der Waals surface area contributed by atoms with E-state index in [4.69, 9.17) is 4.74 Å². The van der Waals surface area contributed by atoms with Crippen molar-refractivity contribution in [3.63, 3.8) is 0 Å². The molecule has 0 saturated heterocycles. The molecule has 7 nitrogen and oxygen atoms in total. The summed E-state index contributed by atoms with van der Waals surface area (Å²) in [5.41, 5.74) is 0.240. The molecule has 0 fully saturated rings. The standard InChI is InChI=1S/C15H20N4O3.C2H6/c1-5-9(2)6-16-13-10(3)14(20)19(8-17-13)7-12-18-11(4)15(21)22-12;1-2/h6,8-9,11H,5,7H2,1-4H3;1-2H3/b16-6-;. The molecule has 24 heavy (non-hydrogen) atoms. The van der Waals surface area contributed by atoms with E-state index < -0.39 is 12.0 Å². The van der Waals surface area contributed by atoms with Crippen molar-refractivity contribution in [1.82, 2.24) is 9.55 Å². The third kappa shape index (κ3) is 4.84. The molecule has 2 unspecified atom stereocenters. The minimum Gasteiger partial charge on any atom is -0.408 e. The number of aliphatic imine (C=N–C) groups is 2. The molecule has 0 aromatic carbocycles. The van der Waals surface area contributed by atoms with Crippen LogP contribution in [0.15, 0.2) is 21.1 Å². The van der Waals surface area contributed by atoms with Gasteiger partial charge in [0.25, 0.3) is 5.56 Å². The molecular weight excluding hydrogens is 308 g/mol. The van der Waals surface area contributed by atoms with Crippen LogP contribution < -0.4 is 5.56 Å². The van der Waals surface area contributed by atoms with Crippen LogP contribution in [0.5, 0.6) is 0 Å². The van der Waals surface area contributed by atoms with Crippen LogP contribution in [0.25, 0.3) is 0 Å². The topological polar surface area (TPSA) is 85.9 Å². The summed E-state index contributed by atoms with van der Waals surface area (Å²) in [6.45, 7) is 11.5. The Bertz CT molecular complexity index is 692. The number of hydrogen-bond acceptors (Lipinski definition) is 6. The van der Waals surface area contributed by atoms with Gasteiger partial charge in [-0.3, -0.25) is 9.36 Å². The lowest BCUT2D eigenvalue weighted by Gasteiger charge is -2.07. The fraction of sp³-hybridized carbons (Fsp3) is 0.588. The summed E-state index contributed by atoms with van der Waals surface area (Å²) in [7, 11) is 0. The summed E-state index contributed by atoms with van der Waals surface area (Å²) in [6, 6.07) is -0.515. The Morgan fingerprint density at radius 2 is 2.08 bits per heavy atom. The van der Waals surface area contributed by atoms with Gasteiger partial charge in [0.2, 0.25) is 5.90 Å². The van der Waals surface area contributed by atoms with E-state index in [1.165, 1.54) is 10.9 Å². The number of aromatic nitrogens is 2. The zero-order valence-electron chi connectivity index (χ0n) is 15.2. The number of carbonyl (C=O) groups excluding carboxylic acids is 1. The lowest BCUT2D eigenvalue weighted by Crippen LogP contribution is -2.26. The quantitative estimate of drug-likeness (QED) is 0.612. The van der Waals surface area contributed by atoms with Gasteiger partial charge in [0, 0.05) is 6.21 Å². The Balaban J connectivity index is 0.00000139. The summed E-state index contributed by atoms with van der Waals surface area (Å²) >= 11 is 0. The van der Waals surface area contributed by atoms with Gasteiger partial charge in [-0.15, -0.1) is 0 Å². The van der Waals surface area contributed by atoms with Crippen LogP contribution in [0, 0.1) is 12.8 Å². The monoisotopic (exact) mass is 334 g/mol. The SMILES string of the molecule is CC.CCC(C)/C=N\c1ncn(CC2=NC(C)C(=O)O2)c(=O)c1C. The highest BCUT2D eigenvalue weighted by molar-refractivity contribution is 5.96. The first kappa shape index (κ1) is 19.7. The maximum Gasteiger partial charge on any atom is 0.337 e. The minimum absolute atomic E-state index is 0.0953. The molecule has 1 aliphatic heterocycles. The predicted octanol–water partition coefficient (Wildman–Crippen LogP) is 2.67. The molecule has 2 atom stereocenters. The molecule has 0 amide bonds. The van der Waals surface area contributed by atoms with Crippen LogP contribution in [0.3, 0.4) is 0 Å². The van der Waals surface area contributed by atoms with Crippen LogP contribution in [0.2, 0.25) is 0 Å². The molecule has 0 bridgehead atoms. The van der Waals surface area contributed by atoms with Crippen molar-refractivity contribution in [3.05, 3.63) is 22.2 Å². The molecule has 2 rings (SSSR count). The maximum absolute atomic E-state index is 12.3. The van der Waals surface area contributed by atoms with Gasteiger partial charge in [-0.05, 0) is 26.2 Å². The molecule has 1 aliphatic rings. The fourth-order valence-corrected chi connectivity index (χ4v) is 1.85. The van der Waals surface area contributed by atoms with Crippen molar-refractivity contribution in [2.75, 3.05) is 0 Å². The molecule has 0 radical (unpaired) electrons. The number of rotatable bonds is 5. The second-order valence-electron chi connectivity index (χ2n) is 5.41. The summed E-state index contributed by atoms with van der Waals surface area (Å²) in [5.74, 6) is 0.580. The zero-order valence-corrected chi connectivity index (χ0v) is 15.2. The predicted molar refractivity (Wildman–Crippen MR) is 95.2 cm³/mol. The Morgan fingerprint density at radius 3 is 2.62 bits per heavy atom. The molecule has 0 spiro atoms. The summed E-state index contributed by atoms with van der Waals surface area (Å²) in [6.07, 6.45) is 4.17. The van der Waals surface area contributed by atoms with E-state index in [1.807, 2.05) is 20.8 Å². The van der Waals surface area contributed by atoms with Crippen molar-refractivity contribution < 1.29 is 9.53 Å². The Morgan fingerprint density at radius 1 is 1.42 bits per heavy atom. The van der Waals surface area contributed by atoms with Gasteiger partial charge in [0.05, 0.1) is 5.56 Å². The molecule has 0 N–H and O–H groups in total. The van der Waals surface area contributed by atoms with Crippen molar-refractivity contribution in [3.8, 4) is 0 Å². The number of carbonyl (C=O) groups is 1. The Kier molecular flexibility index (Phi) is 7.48. The molecule has 1 aromatic heterocycles. The Labute approximate surface area is 142 Å². The van der Waals surface area contributed by atoms with E-state index >= 15 is 0 Å². The lowest BCUT2D eigenvalue weighted by atomic mass is 10.1. The molecule has 7 heteroatoms. The largest absolute Gasteiger partial charge is 0.408 e. The first-order valence-electron chi connectivity index (χ1n) is 8.31. The third-order valence-electron chi connectivity index (χ3n) is 3.53. The second kappa shape index (κ2) is 9.10. The van der Waals surface area contributed by atoms with Gasteiger partial charge in [0.15, 0.2) is 5.82 Å². The van der Waals surface area contributed by atoms with Crippen molar-refractivity contribution in [2.24, 2.45) is 15.9 Å². The maximum atomic E-state index is 12.3. The molecule has 0 saturated carbocycles. The zero-order chi connectivity index (χ0) is 18.3. The molecule has 2 heterocycles. The number of esters is 1. The summed E-state index contributed by atoms with van der Waals surface area (Å²) in [4.78, 5) is 36.1. The van der Waals surface area contributed by atoms with Crippen molar-refractivity contribution >= 4 is 23.9 Å². The van der Waals surface area contributed by atoms with E-state index in [0.29, 0.717) is 17.3 Å². The highest BCUT2D eigenvalue weighted by Gasteiger charge is 2.25. The van der Waals surface area contributed by atoms with Crippen LogP contribution in [-0.4, -0.2) is 33.7 Å². The normalized spacial score (nSPS) is 18.0. The van der Waals surface area contributed by atoms with Crippen molar-refractivity contribution in [1.29, 1.82) is 0 Å². The smallest absolute Gasteiger partial charge is 0.337 e. The average Bonchev–Trinajstić information content (AvgIpc) is 2.90. The van der Waals surface area contributed by atoms with Crippen LogP contribution in [0.1, 0.15) is 46.6 Å². The first-order valence-corrected chi connectivity index (χ1v) is 8.31. The van der Waals surface area contributed by atoms with Gasteiger partial charge in [-0.2, -0.15) is 0 Å². The number of nitrogens with zero attached hydrogens (tertiary/aromatic N) is 4.